The lowest BCUT2D eigenvalue weighted by Gasteiger charge is -2.43. The minimum absolute atomic E-state index is 0.0153. The van der Waals surface area contributed by atoms with Gasteiger partial charge >= 0.3 is 6.03 Å². The Morgan fingerprint density at radius 1 is 1.21 bits per heavy atom. The highest BCUT2D eigenvalue weighted by Crippen LogP contribution is 2.46. The first kappa shape index (κ1) is 21.6. The number of ether oxygens (including phenoxy) is 1. The number of urea groups is 1. The Hall–Kier alpha value is -2.08. The number of aryl methyl sites for hydroxylation is 2. The normalized spacial score (nSPS) is 27.3. The molecule has 1 aromatic carbocycles. The van der Waals surface area contributed by atoms with Crippen LogP contribution in [0.4, 0.5) is 4.79 Å². The third-order valence-electron chi connectivity index (χ3n) is 6.31. The minimum Gasteiger partial charge on any atom is -0.490 e. The molecule has 3 atom stereocenters. The Morgan fingerprint density at radius 2 is 1.86 bits per heavy atom. The van der Waals surface area contributed by atoms with Gasteiger partial charge in [0.2, 0.25) is 0 Å². The summed E-state index contributed by atoms with van der Waals surface area (Å²) in [6.45, 7) is 12.3. The molecule has 6 heteroatoms. The fraction of sp³-hybridized carbons (Fsp3) is 0.652. The molecule has 0 unspecified atom stereocenters. The van der Waals surface area contributed by atoms with E-state index in [0.717, 1.165) is 33.8 Å². The number of amides is 3. The number of hydrogen-bond donors (Lipinski definition) is 2. The molecular weight excluding hydrogens is 368 g/mol. The number of β-amino-alcohol motifs (C(OH)–C–C–N with tert-alkyl or cyclic N) is 1. The van der Waals surface area contributed by atoms with Crippen LogP contribution in [0.15, 0.2) is 12.1 Å². The van der Waals surface area contributed by atoms with Crippen LogP contribution in [0.5, 0.6) is 5.75 Å². The van der Waals surface area contributed by atoms with Gasteiger partial charge in [0.1, 0.15) is 24.0 Å². The summed E-state index contributed by atoms with van der Waals surface area (Å²) in [4.78, 5) is 26.9. The molecule has 3 amide bonds. The molecule has 160 valence electrons. The van der Waals surface area contributed by atoms with Crippen LogP contribution in [0.2, 0.25) is 0 Å². The molecule has 1 spiro atoms. The number of nitrogens with zero attached hydrogens (tertiary/aromatic N) is 1. The number of imide groups is 1. The molecule has 1 heterocycles. The van der Waals surface area contributed by atoms with Gasteiger partial charge in [0.25, 0.3) is 5.91 Å². The molecule has 3 rings (SSSR count). The molecule has 0 bridgehead atoms. The van der Waals surface area contributed by atoms with Gasteiger partial charge < -0.3 is 15.2 Å². The van der Waals surface area contributed by atoms with Crippen LogP contribution in [0.25, 0.3) is 0 Å². The molecule has 1 saturated carbocycles. The van der Waals surface area contributed by atoms with Gasteiger partial charge in [-0.15, -0.1) is 0 Å². The van der Waals surface area contributed by atoms with Gasteiger partial charge in [-0.3, -0.25) is 9.69 Å². The molecule has 1 aliphatic heterocycles. The summed E-state index contributed by atoms with van der Waals surface area (Å²) in [7, 11) is 0. The van der Waals surface area contributed by atoms with E-state index < -0.39 is 17.7 Å². The molecule has 0 radical (unpaired) electrons. The number of carbonyl (C=O) groups is 2. The largest absolute Gasteiger partial charge is 0.490 e. The van der Waals surface area contributed by atoms with Crippen molar-refractivity contribution in [1.82, 2.24) is 10.2 Å². The Morgan fingerprint density at radius 3 is 2.52 bits per heavy atom. The van der Waals surface area contributed by atoms with E-state index in [-0.39, 0.29) is 24.5 Å². The predicted octanol–water partition coefficient (Wildman–Crippen LogP) is 3.49. The van der Waals surface area contributed by atoms with Gasteiger partial charge in [-0.05, 0) is 68.1 Å². The van der Waals surface area contributed by atoms with Crippen molar-refractivity contribution in [2.24, 2.45) is 11.3 Å². The van der Waals surface area contributed by atoms with Crippen molar-refractivity contribution < 1.29 is 19.4 Å². The van der Waals surface area contributed by atoms with Crippen molar-refractivity contribution in [1.29, 1.82) is 0 Å². The first-order valence-corrected chi connectivity index (χ1v) is 10.5. The molecule has 6 nitrogen and oxygen atoms in total. The van der Waals surface area contributed by atoms with E-state index in [9.17, 15) is 14.7 Å². The van der Waals surface area contributed by atoms with Crippen molar-refractivity contribution in [2.75, 3.05) is 13.2 Å². The highest BCUT2D eigenvalue weighted by molar-refractivity contribution is 6.07. The van der Waals surface area contributed by atoms with Gasteiger partial charge in [-0.1, -0.05) is 32.9 Å². The Labute approximate surface area is 173 Å². The Balaban J connectivity index is 1.67. The quantitative estimate of drug-likeness (QED) is 0.739. The van der Waals surface area contributed by atoms with Gasteiger partial charge in [0, 0.05) is 0 Å². The summed E-state index contributed by atoms with van der Waals surface area (Å²) in [5.74, 6) is 0.883. The number of aliphatic hydroxyl groups excluding tert-OH is 1. The molecule has 2 fully saturated rings. The number of rotatable bonds is 5. The van der Waals surface area contributed by atoms with Crippen LogP contribution in [0, 0.1) is 32.1 Å². The molecule has 0 aromatic heterocycles. The van der Waals surface area contributed by atoms with Gasteiger partial charge in [-0.25, -0.2) is 4.79 Å². The van der Waals surface area contributed by atoms with E-state index in [1.807, 2.05) is 32.9 Å². The second-order valence-electron chi connectivity index (χ2n) is 9.90. The lowest BCUT2D eigenvalue weighted by molar-refractivity contribution is -0.135. The summed E-state index contributed by atoms with van der Waals surface area (Å²) in [6, 6.07) is 3.60. The third-order valence-corrected chi connectivity index (χ3v) is 6.31. The van der Waals surface area contributed by atoms with E-state index in [0.29, 0.717) is 18.8 Å². The zero-order chi connectivity index (χ0) is 21.6. The fourth-order valence-electron chi connectivity index (χ4n) is 5.26. The lowest BCUT2D eigenvalue weighted by Crippen LogP contribution is -2.54. The van der Waals surface area contributed by atoms with Crippen LogP contribution in [0.3, 0.4) is 0 Å². The highest BCUT2D eigenvalue weighted by atomic mass is 16.5. The van der Waals surface area contributed by atoms with E-state index in [4.69, 9.17) is 4.74 Å². The first-order valence-electron chi connectivity index (χ1n) is 10.5. The zero-order valence-corrected chi connectivity index (χ0v) is 18.5. The number of benzene rings is 1. The topological polar surface area (TPSA) is 78.9 Å². The lowest BCUT2D eigenvalue weighted by atomic mass is 9.64. The van der Waals surface area contributed by atoms with Crippen LogP contribution >= 0.6 is 0 Å². The standard InChI is InChI=1S/C23H34N2O4/c1-14-9-22(5,6)13-23(10-14)20(27)25(21(28)24-23)11-18(26)12-29-19-16(3)8-7-15(2)17(19)4/h7-8,14,18,26H,9-13H2,1-6H3,(H,24,28)/t14-,18-,23-/m1/s1. The maximum absolute atomic E-state index is 13.2. The molecule has 1 aliphatic carbocycles. The first-order chi connectivity index (χ1) is 13.4. The fourth-order valence-corrected chi connectivity index (χ4v) is 5.26. The van der Waals surface area contributed by atoms with Crippen molar-refractivity contribution in [3.8, 4) is 5.75 Å². The van der Waals surface area contributed by atoms with E-state index in [2.05, 4.69) is 26.1 Å². The van der Waals surface area contributed by atoms with E-state index in [1.165, 1.54) is 0 Å². The molecule has 1 aromatic rings. The number of carbonyl (C=O) groups excluding carboxylic acids is 2. The van der Waals surface area contributed by atoms with Crippen LogP contribution in [-0.2, 0) is 4.79 Å². The average molecular weight is 403 g/mol. The zero-order valence-electron chi connectivity index (χ0n) is 18.5. The van der Waals surface area contributed by atoms with Crippen molar-refractivity contribution in [3.05, 3.63) is 28.8 Å². The van der Waals surface area contributed by atoms with Crippen LogP contribution < -0.4 is 10.1 Å². The molecule has 2 aliphatic rings. The van der Waals surface area contributed by atoms with Gasteiger partial charge in [0.15, 0.2) is 0 Å². The third kappa shape index (κ3) is 4.27. The van der Waals surface area contributed by atoms with Crippen molar-refractivity contribution >= 4 is 11.9 Å². The second-order valence-corrected chi connectivity index (χ2v) is 9.90. The average Bonchev–Trinajstić information content (AvgIpc) is 2.80. The molecule has 2 N–H and O–H groups in total. The number of hydrogen-bond acceptors (Lipinski definition) is 4. The highest BCUT2D eigenvalue weighted by Gasteiger charge is 2.56. The Kier molecular flexibility index (Phi) is 5.69. The molecular formula is C23H34N2O4. The summed E-state index contributed by atoms with van der Waals surface area (Å²) in [5, 5.41) is 13.4. The maximum atomic E-state index is 13.2. The summed E-state index contributed by atoms with van der Waals surface area (Å²) in [6.07, 6.45) is 1.35. The minimum atomic E-state index is -0.951. The SMILES string of the molecule is Cc1ccc(C)c(OC[C@H](O)CN2C(=O)N[C@@]3(C[C@H](C)CC(C)(C)C3)C2=O)c1C. The second kappa shape index (κ2) is 7.63. The molecule has 1 saturated heterocycles. The monoisotopic (exact) mass is 402 g/mol. The van der Waals surface area contributed by atoms with Crippen molar-refractivity contribution in [3.63, 3.8) is 0 Å². The van der Waals surface area contributed by atoms with Crippen LogP contribution in [0.1, 0.15) is 56.7 Å². The summed E-state index contributed by atoms with van der Waals surface area (Å²) in [5.41, 5.74) is 2.28. The van der Waals surface area contributed by atoms with E-state index >= 15 is 0 Å². The Bertz CT molecular complexity index is 819. The van der Waals surface area contributed by atoms with Crippen molar-refractivity contribution in [2.45, 2.75) is 72.4 Å². The summed E-state index contributed by atoms with van der Waals surface area (Å²) >= 11 is 0. The number of aliphatic hydroxyl groups is 1. The smallest absolute Gasteiger partial charge is 0.325 e. The van der Waals surface area contributed by atoms with Gasteiger partial charge in [-0.2, -0.15) is 0 Å². The number of nitrogens with one attached hydrogen (secondary N) is 1. The maximum Gasteiger partial charge on any atom is 0.325 e. The predicted molar refractivity (Wildman–Crippen MR) is 112 cm³/mol. The van der Waals surface area contributed by atoms with E-state index in [1.54, 1.807) is 0 Å². The summed E-state index contributed by atoms with van der Waals surface area (Å²) < 4.78 is 5.86. The van der Waals surface area contributed by atoms with Gasteiger partial charge in [0.05, 0.1) is 6.54 Å². The molecule has 29 heavy (non-hydrogen) atoms. The van der Waals surface area contributed by atoms with Crippen LogP contribution in [-0.4, -0.2) is 46.7 Å².